The van der Waals surface area contributed by atoms with Crippen LogP contribution < -0.4 is 15.8 Å². The Morgan fingerprint density at radius 1 is 1.28 bits per heavy atom. The highest BCUT2D eigenvalue weighted by Crippen LogP contribution is 2.28. The summed E-state index contributed by atoms with van der Waals surface area (Å²) in [6, 6.07) is 8.34. The van der Waals surface area contributed by atoms with E-state index in [1.165, 1.54) is 5.56 Å². The molecule has 3 N–H and O–H groups in total. The summed E-state index contributed by atoms with van der Waals surface area (Å²) < 4.78 is 5.87. The van der Waals surface area contributed by atoms with Gasteiger partial charge < -0.3 is 15.8 Å². The predicted octanol–water partition coefficient (Wildman–Crippen LogP) is 2.52. The summed E-state index contributed by atoms with van der Waals surface area (Å²) in [5.74, 6) is 1.59. The summed E-state index contributed by atoms with van der Waals surface area (Å²) in [5, 5.41) is 3.26. The van der Waals surface area contributed by atoms with Gasteiger partial charge in [0.2, 0.25) is 0 Å². The summed E-state index contributed by atoms with van der Waals surface area (Å²) >= 11 is 0. The number of ether oxygens (including phenoxy) is 1. The number of hydrogen-bond acceptors (Lipinski definition) is 3. The molecule has 1 aromatic carbocycles. The monoisotopic (exact) mass is 250 g/mol. The fourth-order valence-electron chi connectivity index (χ4n) is 1.85. The first-order valence-electron chi connectivity index (χ1n) is 6.92. The van der Waals surface area contributed by atoms with E-state index in [1.54, 1.807) is 0 Å². The minimum absolute atomic E-state index is 0.552. The van der Waals surface area contributed by atoms with E-state index in [0.717, 1.165) is 38.3 Å². The number of nitrogens with one attached hydrogen (secondary N) is 1. The lowest BCUT2D eigenvalue weighted by Crippen LogP contribution is -2.24. The van der Waals surface area contributed by atoms with Crippen molar-refractivity contribution in [2.45, 2.75) is 32.6 Å². The van der Waals surface area contributed by atoms with Crippen molar-refractivity contribution in [3.05, 3.63) is 29.8 Å². The van der Waals surface area contributed by atoms with Gasteiger partial charge in [-0.15, -0.1) is 0 Å². The Bertz CT molecular complexity index is 328. The van der Waals surface area contributed by atoms with Crippen molar-refractivity contribution in [2.24, 2.45) is 5.73 Å². The van der Waals surface area contributed by atoms with Gasteiger partial charge in [-0.3, -0.25) is 0 Å². The van der Waals surface area contributed by atoms with Crippen molar-refractivity contribution in [1.29, 1.82) is 0 Å². The predicted molar refractivity (Wildman–Crippen MR) is 77.2 cm³/mol. The standard InChI is InChI=1S/C15H26N2O/c1-3-13(2)14-7-4-5-8-15(14)18-12-6-10-17-11-9-16/h4-5,7-8,13,17H,3,6,9-12,16H2,1-2H3. The molecule has 1 unspecified atom stereocenters. The van der Waals surface area contributed by atoms with E-state index in [0.29, 0.717) is 12.5 Å². The number of nitrogens with two attached hydrogens (primary N) is 1. The van der Waals surface area contributed by atoms with Crippen LogP contribution in [0.25, 0.3) is 0 Å². The van der Waals surface area contributed by atoms with Crippen molar-refractivity contribution in [3.63, 3.8) is 0 Å². The highest BCUT2D eigenvalue weighted by Gasteiger charge is 2.08. The molecule has 3 heteroatoms. The van der Waals surface area contributed by atoms with Crippen molar-refractivity contribution >= 4 is 0 Å². The van der Waals surface area contributed by atoms with E-state index >= 15 is 0 Å². The van der Waals surface area contributed by atoms with Gasteiger partial charge in [-0.2, -0.15) is 0 Å². The molecule has 1 atom stereocenters. The maximum absolute atomic E-state index is 5.87. The fourth-order valence-corrected chi connectivity index (χ4v) is 1.85. The van der Waals surface area contributed by atoms with Crippen molar-refractivity contribution in [2.75, 3.05) is 26.2 Å². The van der Waals surface area contributed by atoms with Crippen LogP contribution in [-0.2, 0) is 0 Å². The highest BCUT2D eigenvalue weighted by molar-refractivity contribution is 5.35. The zero-order chi connectivity index (χ0) is 13.2. The van der Waals surface area contributed by atoms with Crippen LogP contribution in [0.5, 0.6) is 5.75 Å². The first-order chi connectivity index (χ1) is 8.79. The average Bonchev–Trinajstić information content (AvgIpc) is 2.42. The Kier molecular flexibility index (Phi) is 7.46. The van der Waals surface area contributed by atoms with Crippen LogP contribution in [-0.4, -0.2) is 26.2 Å². The molecule has 0 bridgehead atoms. The molecule has 0 saturated carbocycles. The lowest BCUT2D eigenvalue weighted by Gasteiger charge is -2.15. The zero-order valence-electron chi connectivity index (χ0n) is 11.6. The summed E-state index contributed by atoms with van der Waals surface area (Å²) in [7, 11) is 0. The second kappa shape index (κ2) is 8.95. The van der Waals surface area contributed by atoms with Gasteiger partial charge >= 0.3 is 0 Å². The summed E-state index contributed by atoms with van der Waals surface area (Å²) in [5.41, 5.74) is 6.72. The van der Waals surface area contributed by atoms with Crippen LogP contribution >= 0.6 is 0 Å². The zero-order valence-corrected chi connectivity index (χ0v) is 11.6. The Balaban J connectivity index is 2.37. The van der Waals surface area contributed by atoms with Crippen LogP contribution in [0, 0.1) is 0 Å². The molecule has 0 aromatic heterocycles. The Morgan fingerprint density at radius 3 is 2.78 bits per heavy atom. The topological polar surface area (TPSA) is 47.3 Å². The number of para-hydroxylation sites is 1. The molecule has 18 heavy (non-hydrogen) atoms. The molecule has 0 amide bonds. The van der Waals surface area contributed by atoms with Crippen LogP contribution in [0.15, 0.2) is 24.3 Å². The van der Waals surface area contributed by atoms with Gasteiger partial charge in [-0.25, -0.2) is 0 Å². The van der Waals surface area contributed by atoms with Crippen LogP contribution in [0.4, 0.5) is 0 Å². The fraction of sp³-hybridized carbons (Fsp3) is 0.600. The van der Waals surface area contributed by atoms with E-state index in [-0.39, 0.29) is 0 Å². The molecule has 102 valence electrons. The number of benzene rings is 1. The van der Waals surface area contributed by atoms with Crippen LogP contribution in [0.3, 0.4) is 0 Å². The lowest BCUT2D eigenvalue weighted by atomic mass is 9.98. The molecule has 1 aromatic rings. The summed E-state index contributed by atoms with van der Waals surface area (Å²) in [6.45, 7) is 7.73. The third-order valence-electron chi connectivity index (χ3n) is 3.14. The maximum Gasteiger partial charge on any atom is 0.122 e. The SMILES string of the molecule is CCC(C)c1ccccc1OCCCNCCN. The highest BCUT2D eigenvalue weighted by atomic mass is 16.5. The Hall–Kier alpha value is -1.06. The molecule has 0 aliphatic heterocycles. The molecule has 0 spiro atoms. The minimum atomic E-state index is 0.552. The minimum Gasteiger partial charge on any atom is -0.493 e. The number of hydrogen-bond donors (Lipinski definition) is 2. The molecule has 0 aliphatic rings. The van der Waals surface area contributed by atoms with Gasteiger partial charge in [-0.1, -0.05) is 32.0 Å². The molecule has 0 radical (unpaired) electrons. The smallest absolute Gasteiger partial charge is 0.122 e. The third-order valence-corrected chi connectivity index (χ3v) is 3.14. The van der Waals surface area contributed by atoms with Gasteiger partial charge in [0.1, 0.15) is 5.75 Å². The molecule has 0 heterocycles. The first-order valence-corrected chi connectivity index (χ1v) is 6.92. The van der Waals surface area contributed by atoms with Crippen molar-refractivity contribution < 1.29 is 4.74 Å². The molecule has 3 nitrogen and oxygen atoms in total. The maximum atomic E-state index is 5.87. The Labute approximate surface area is 111 Å². The Morgan fingerprint density at radius 2 is 2.06 bits per heavy atom. The number of rotatable bonds is 9. The molecule has 0 saturated heterocycles. The van der Waals surface area contributed by atoms with Gasteiger partial charge in [0, 0.05) is 13.1 Å². The van der Waals surface area contributed by atoms with E-state index in [2.05, 4.69) is 37.4 Å². The molecule has 0 fully saturated rings. The van der Waals surface area contributed by atoms with Crippen LogP contribution in [0.2, 0.25) is 0 Å². The van der Waals surface area contributed by atoms with E-state index < -0.39 is 0 Å². The second-order valence-electron chi connectivity index (χ2n) is 4.59. The molecule has 1 rings (SSSR count). The normalized spacial score (nSPS) is 12.4. The summed E-state index contributed by atoms with van der Waals surface area (Å²) in [4.78, 5) is 0. The van der Waals surface area contributed by atoms with Gasteiger partial charge in [-0.05, 0) is 36.9 Å². The van der Waals surface area contributed by atoms with E-state index in [1.807, 2.05) is 6.07 Å². The van der Waals surface area contributed by atoms with Gasteiger partial charge in [0.25, 0.3) is 0 Å². The quantitative estimate of drug-likeness (QED) is 0.662. The average molecular weight is 250 g/mol. The third kappa shape index (κ3) is 5.07. The van der Waals surface area contributed by atoms with E-state index in [9.17, 15) is 0 Å². The molecular formula is C15H26N2O. The molecular weight excluding hydrogens is 224 g/mol. The van der Waals surface area contributed by atoms with Crippen LogP contribution in [0.1, 0.15) is 38.2 Å². The second-order valence-corrected chi connectivity index (χ2v) is 4.59. The summed E-state index contributed by atoms with van der Waals surface area (Å²) in [6.07, 6.45) is 2.15. The van der Waals surface area contributed by atoms with Gasteiger partial charge in [0.15, 0.2) is 0 Å². The van der Waals surface area contributed by atoms with Crippen molar-refractivity contribution in [3.8, 4) is 5.75 Å². The molecule has 0 aliphatic carbocycles. The lowest BCUT2D eigenvalue weighted by molar-refractivity contribution is 0.304. The first kappa shape index (κ1) is 15.0. The van der Waals surface area contributed by atoms with Gasteiger partial charge in [0.05, 0.1) is 6.61 Å². The van der Waals surface area contributed by atoms with E-state index in [4.69, 9.17) is 10.5 Å². The largest absolute Gasteiger partial charge is 0.493 e. The van der Waals surface area contributed by atoms with Crippen molar-refractivity contribution in [1.82, 2.24) is 5.32 Å².